The second-order valence-corrected chi connectivity index (χ2v) is 7.05. The molecule has 0 spiro atoms. The average molecular weight is 349 g/mol. The number of amides is 2. The summed E-state index contributed by atoms with van der Waals surface area (Å²) in [7, 11) is 0. The first-order chi connectivity index (χ1) is 12.6. The molecule has 2 aromatic rings. The van der Waals surface area contributed by atoms with E-state index in [-0.39, 0.29) is 6.04 Å². The van der Waals surface area contributed by atoms with E-state index in [9.17, 15) is 9.59 Å². The lowest BCUT2D eigenvalue weighted by Crippen LogP contribution is -2.43. The zero-order valence-corrected chi connectivity index (χ0v) is 14.9. The molecule has 1 atom stereocenters. The normalized spacial score (nSPS) is 18.7. The molecule has 0 aliphatic carbocycles. The third-order valence-electron chi connectivity index (χ3n) is 5.22. The molecular weight excluding hydrogens is 326 g/mol. The van der Waals surface area contributed by atoms with Crippen LogP contribution >= 0.6 is 0 Å². The van der Waals surface area contributed by atoms with E-state index in [4.69, 9.17) is 0 Å². The fourth-order valence-electron chi connectivity index (χ4n) is 3.90. The maximum atomic E-state index is 12.7. The van der Waals surface area contributed by atoms with E-state index < -0.39 is 11.8 Å². The van der Waals surface area contributed by atoms with Crippen LogP contribution in [-0.4, -0.2) is 30.9 Å². The number of carbonyl (C=O) groups is 2. The van der Waals surface area contributed by atoms with Gasteiger partial charge in [-0.2, -0.15) is 0 Å². The summed E-state index contributed by atoms with van der Waals surface area (Å²) in [5.41, 5.74) is 3.75. The van der Waals surface area contributed by atoms with Crippen LogP contribution in [0.25, 0.3) is 0 Å². The number of nitrogens with zero attached hydrogens (tertiary/aromatic N) is 2. The van der Waals surface area contributed by atoms with Crippen molar-refractivity contribution in [2.45, 2.75) is 32.2 Å². The fraction of sp³-hybridized carbons (Fsp3) is 0.333. The number of hydrogen-bond donors (Lipinski definition) is 1. The highest BCUT2D eigenvalue weighted by molar-refractivity contribution is 6.44. The van der Waals surface area contributed by atoms with Gasteiger partial charge in [-0.15, -0.1) is 0 Å². The standard InChI is InChI=1S/C21H23N3O2/c1-15-14-16-6-2-3-7-19(16)24(15)21(26)20(25)22-17-8-10-18(11-9-17)23-12-4-5-13-23/h2-3,6-11,15H,4-5,12-14H2,1H3,(H,22,25). The molecule has 5 heteroatoms. The van der Waals surface area contributed by atoms with Gasteiger partial charge in [0.15, 0.2) is 0 Å². The minimum atomic E-state index is -0.595. The SMILES string of the molecule is CC1Cc2ccccc2N1C(=O)C(=O)Nc1ccc(N2CCCC2)cc1. The van der Waals surface area contributed by atoms with Crippen molar-refractivity contribution in [3.05, 3.63) is 54.1 Å². The lowest BCUT2D eigenvalue weighted by molar-refractivity contribution is -0.134. The van der Waals surface area contributed by atoms with Crippen LogP contribution in [0.15, 0.2) is 48.5 Å². The highest BCUT2D eigenvalue weighted by atomic mass is 16.2. The molecule has 5 nitrogen and oxygen atoms in total. The summed E-state index contributed by atoms with van der Waals surface area (Å²) in [6.07, 6.45) is 3.23. The van der Waals surface area contributed by atoms with Crippen molar-refractivity contribution < 1.29 is 9.59 Å². The van der Waals surface area contributed by atoms with Crippen molar-refractivity contribution >= 4 is 28.9 Å². The Labute approximate surface area is 153 Å². The van der Waals surface area contributed by atoms with Gasteiger partial charge in [0, 0.05) is 36.2 Å². The Morgan fingerprint density at radius 2 is 1.69 bits per heavy atom. The molecule has 0 bridgehead atoms. The van der Waals surface area contributed by atoms with Crippen LogP contribution < -0.4 is 15.1 Å². The van der Waals surface area contributed by atoms with Crippen molar-refractivity contribution in [3.63, 3.8) is 0 Å². The third-order valence-corrected chi connectivity index (χ3v) is 5.22. The summed E-state index contributed by atoms with van der Waals surface area (Å²) < 4.78 is 0. The molecule has 1 N–H and O–H groups in total. The van der Waals surface area contributed by atoms with Crippen LogP contribution in [0.1, 0.15) is 25.3 Å². The van der Waals surface area contributed by atoms with E-state index in [1.807, 2.05) is 55.5 Å². The molecule has 2 aliphatic heterocycles. The van der Waals surface area contributed by atoms with Crippen LogP contribution in [0.3, 0.4) is 0 Å². The Kier molecular flexibility index (Phi) is 4.37. The number of benzene rings is 2. The number of hydrogen-bond acceptors (Lipinski definition) is 3. The second kappa shape index (κ2) is 6.83. The Balaban J connectivity index is 1.45. The molecule has 2 aliphatic rings. The minimum absolute atomic E-state index is 0.0109. The lowest BCUT2D eigenvalue weighted by atomic mass is 10.1. The topological polar surface area (TPSA) is 52.7 Å². The molecule has 0 saturated carbocycles. The number of anilines is 3. The van der Waals surface area contributed by atoms with Crippen molar-refractivity contribution in [1.82, 2.24) is 0 Å². The van der Waals surface area contributed by atoms with Gasteiger partial charge in [0.25, 0.3) is 0 Å². The summed E-state index contributed by atoms with van der Waals surface area (Å²) in [6.45, 7) is 4.13. The molecular formula is C21H23N3O2. The maximum Gasteiger partial charge on any atom is 0.316 e. The van der Waals surface area contributed by atoms with Crippen LogP contribution in [0.2, 0.25) is 0 Å². The lowest BCUT2D eigenvalue weighted by Gasteiger charge is -2.22. The quantitative estimate of drug-likeness (QED) is 0.847. The number of carbonyl (C=O) groups excluding carboxylic acids is 2. The minimum Gasteiger partial charge on any atom is -0.372 e. The molecule has 134 valence electrons. The summed E-state index contributed by atoms with van der Waals surface area (Å²) in [4.78, 5) is 29.1. The van der Waals surface area contributed by atoms with E-state index in [0.717, 1.165) is 36.4 Å². The van der Waals surface area contributed by atoms with Crippen molar-refractivity contribution in [3.8, 4) is 0 Å². The maximum absolute atomic E-state index is 12.7. The van der Waals surface area contributed by atoms with Gasteiger partial charge in [-0.3, -0.25) is 9.59 Å². The summed E-state index contributed by atoms with van der Waals surface area (Å²) >= 11 is 0. The van der Waals surface area contributed by atoms with Gasteiger partial charge in [0.05, 0.1) is 0 Å². The predicted octanol–water partition coefficient (Wildman–Crippen LogP) is 3.20. The van der Waals surface area contributed by atoms with E-state index in [0.29, 0.717) is 5.69 Å². The van der Waals surface area contributed by atoms with Gasteiger partial charge in [-0.05, 0) is 62.1 Å². The van der Waals surface area contributed by atoms with Gasteiger partial charge in [-0.25, -0.2) is 0 Å². The highest BCUT2D eigenvalue weighted by Gasteiger charge is 2.34. The molecule has 1 unspecified atom stereocenters. The number of fused-ring (bicyclic) bond motifs is 1. The Hall–Kier alpha value is -2.82. The molecule has 1 saturated heterocycles. The van der Waals surface area contributed by atoms with E-state index >= 15 is 0 Å². The van der Waals surface area contributed by atoms with E-state index in [1.165, 1.54) is 12.8 Å². The van der Waals surface area contributed by atoms with Gasteiger partial charge in [0.2, 0.25) is 0 Å². The van der Waals surface area contributed by atoms with Crippen LogP contribution in [0.5, 0.6) is 0 Å². The molecule has 2 amide bonds. The summed E-state index contributed by atoms with van der Waals surface area (Å²) in [5.74, 6) is -1.10. The zero-order chi connectivity index (χ0) is 18.1. The molecule has 1 fully saturated rings. The number of para-hydroxylation sites is 1. The number of nitrogens with one attached hydrogen (secondary N) is 1. The van der Waals surface area contributed by atoms with Gasteiger partial charge < -0.3 is 15.1 Å². The molecule has 0 aromatic heterocycles. The highest BCUT2D eigenvalue weighted by Crippen LogP contribution is 2.32. The first-order valence-corrected chi connectivity index (χ1v) is 9.21. The molecule has 0 radical (unpaired) electrons. The molecule has 26 heavy (non-hydrogen) atoms. The van der Waals surface area contributed by atoms with Crippen LogP contribution in [0.4, 0.5) is 17.1 Å². The number of rotatable bonds is 2. The molecule has 2 aromatic carbocycles. The largest absolute Gasteiger partial charge is 0.372 e. The molecule has 2 heterocycles. The average Bonchev–Trinajstić information content (AvgIpc) is 3.29. The van der Waals surface area contributed by atoms with Crippen molar-refractivity contribution in [2.24, 2.45) is 0 Å². The molecule has 4 rings (SSSR count). The predicted molar refractivity (Wildman–Crippen MR) is 104 cm³/mol. The smallest absolute Gasteiger partial charge is 0.316 e. The Bertz CT molecular complexity index is 825. The Morgan fingerprint density at radius 1 is 1.00 bits per heavy atom. The van der Waals surface area contributed by atoms with Gasteiger partial charge in [0.1, 0.15) is 0 Å². The first-order valence-electron chi connectivity index (χ1n) is 9.21. The summed E-state index contributed by atoms with van der Waals surface area (Å²) in [6, 6.07) is 15.5. The first kappa shape index (κ1) is 16.6. The summed E-state index contributed by atoms with van der Waals surface area (Å²) in [5, 5.41) is 2.74. The van der Waals surface area contributed by atoms with Crippen molar-refractivity contribution in [2.75, 3.05) is 28.2 Å². The second-order valence-electron chi connectivity index (χ2n) is 7.05. The Morgan fingerprint density at radius 3 is 2.42 bits per heavy atom. The third kappa shape index (κ3) is 3.05. The van der Waals surface area contributed by atoms with Crippen LogP contribution in [-0.2, 0) is 16.0 Å². The van der Waals surface area contributed by atoms with E-state index in [2.05, 4.69) is 10.2 Å². The van der Waals surface area contributed by atoms with Crippen LogP contribution in [0, 0.1) is 0 Å². The van der Waals surface area contributed by atoms with Crippen molar-refractivity contribution in [1.29, 1.82) is 0 Å². The zero-order valence-electron chi connectivity index (χ0n) is 14.9. The monoisotopic (exact) mass is 349 g/mol. The van der Waals surface area contributed by atoms with Gasteiger partial charge >= 0.3 is 11.8 Å². The fourth-order valence-corrected chi connectivity index (χ4v) is 3.90. The van der Waals surface area contributed by atoms with E-state index in [1.54, 1.807) is 4.90 Å². The van der Waals surface area contributed by atoms with Gasteiger partial charge in [-0.1, -0.05) is 18.2 Å².